The molecule has 8 nitrogen and oxygen atoms in total. The zero-order valence-corrected chi connectivity index (χ0v) is 21.7. The highest BCUT2D eigenvalue weighted by atomic mass is 32.2. The van der Waals surface area contributed by atoms with Gasteiger partial charge in [-0.05, 0) is 60.8 Å². The first kappa shape index (κ1) is 25.2. The summed E-state index contributed by atoms with van der Waals surface area (Å²) in [5.74, 6) is 0.333. The molecule has 0 aliphatic rings. The molecule has 0 bridgehead atoms. The lowest BCUT2D eigenvalue weighted by Gasteiger charge is -2.20. The van der Waals surface area contributed by atoms with Crippen LogP contribution >= 0.6 is 11.3 Å². The van der Waals surface area contributed by atoms with Gasteiger partial charge in [0.1, 0.15) is 0 Å². The molecule has 0 unspecified atom stereocenters. The molecule has 0 fully saturated rings. The fraction of sp³-hybridized carbons (Fsp3) is 0.154. The van der Waals surface area contributed by atoms with Gasteiger partial charge < -0.3 is 14.8 Å². The average Bonchev–Trinajstić information content (AvgIpc) is 3.31. The first-order valence-electron chi connectivity index (χ1n) is 10.8. The van der Waals surface area contributed by atoms with Crippen molar-refractivity contribution < 1.29 is 27.5 Å². The van der Waals surface area contributed by atoms with Crippen LogP contribution in [0.15, 0.2) is 71.6 Å². The second-order valence-electron chi connectivity index (χ2n) is 7.91. The number of methoxy groups -OCH3 is 2. The number of Topliss-reactive ketones (excluding diaryl/α,β-unsaturated/α-hetero) is 1. The molecule has 10 heteroatoms. The van der Waals surface area contributed by atoms with Gasteiger partial charge >= 0.3 is 0 Å². The Labute approximate surface area is 213 Å². The van der Waals surface area contributed by atoms with Crippen LogP contribution in [0.2, 0.25) is 0 Å². The quantitative estimate of drug-likeness (QED) is 0.318. The summed E-state index contributed by atoms with van der Waals surface area (Å²) in [4.78, 5) is 25.0. The number of rotatable bonds is 8. The van der Waals surface area contributed by atoms with Crippen molar-refractivity contribution in [2.75, 3.05) is 30.9 Å². The maximum absolute atomic E-state index is 13.3. The van der Waals surface area contributed by atoms with Crippen molar-refractivity contribution in [1.82, 2.24) is 0 Å². The topological polar surface area (TPSA) is 102 Å². The van der Waals surface area contributed by atoms with Gasteiger partial charge in [-0.25, -0.2) is 8.42 Å². The number of carbonyl (C=O) groups is 2. The van der Waals surface area contributed by atoms with E-state index < -0.39 is 10.0 Å². The summed E-state index contributed by atoms with van der Waals surface area (Å²) in [5.41, 5.74) is 1.47. The second-order valence-corrected chi connectivity index (χ2v) is 11.0. The Hall–Kier alpha value is -3.89. The van der Waals surface area contributed by atoms with Crippen molar-refractivity contribution in [2.45, 2.75) is 11.8 Å². The number of ketones is 1. The lowest BCUT2D eigenvalue weighted by atomic mass is 10.1. The number of fused-ring (bicyclic) bond motifs is 1. The van der Waals surface area contributed by atoms with Crippen molar-refractivity contribution in [3.63, 3.8) is 0 Å². The number of amides is 1. The summed E-state index contributed by atoms with van der Waals surface area (Å²) < 4.78 is 39.0. The number of hydrogen-bond acceptors (Lipinski definition) is 7. The third-order valence-corrected chi connectivity index (χ3v) is 8.52. The van der Waals surface area contributed by atoms with Gasteiger partial charge in [-0.15, -0.1) is 11.3 Å². The number of benzene rings is 3. The van der Waals surface area contributed by atoms with E-state index in [4.69, 9.17) is 9.47 Å². The largest absolute Gasteiger partial charge is 0.493 e. The van der Waals surface area contributed by atoms with E-state index in [1.807, 2.05) is 0 Å². The fourth-order valence-corrected chi connectivity index (χ4v) is 5.76. The number of ether oxygens (including phenoxy) is 2. The number of nitrogens with zero attached hydrogens (tertiary/aromatic N) is 1. The van der Waals surface area contributed by atoms with Crippen LogP contribution in [0.5, 0.6) is 11.5 Å². The molecule has 0 radical (unpaired) electrons. The maximum atomic E-state index is 13.3. The van der Waals surface area contributed by atoms with Crippen molar-refractivity contribution in [2.24, 2.45) is 0 Å². The minimum atomic E-state index is -3.89. The molecule has 0 saturated carbocycles. The molecule has 4 aromatic rings. The van der Waals surface area contributed by atoms with Gasteiger partial charge in [0.25, 0.3) is 15.9 Å². The number of sulfonamides is 1. The van der Waals surface area contributed by atoms with Gasteiger partial charge in [-0.2, -0.15) is 0 Å². The van der Waals surface area contributed by atoms with E-state index in [1.165, 1.54) is 56.0 Å². The molecule has 0 atom stereocenters. The molecule has 0 saturated heterocycles. The van der Waals surface area contributed by atoms with E-state index in [9.17, 15) is 18.0 Å². The Balaban J connectivity index is 1.60. The number of nitrogens with one attached hydrogen (secondary N) is 1. The Bertz CT molecular complexity index is 1580. The minimum absolute atomic E-state index is 0.0564. The first-order chi connectivity index (χ1) is 17.1. The van der Waals surface area contributed by atoms with Crippen LogP contribution in [0.1, 0.15) is 27.0 Å². The number of hydrogen-bond donors (Lipinski definition) is 1. The molecule has 1 N–H and O–H groups in total. The van der Waals surface area contributed by atoms with Crippen LogP contribution in [0.3, 0.4) is 0 Å². The number of carbonyl (C=O) groups excluding carboxylic acids is 2. The zero-order valence-electron chi connectivity index (χ0n) is 20.1. The molecular weight excluding hydrogens is 500 g/mol. The molecule has 0 aliphatic carbocycles. The molecular formula is C26H24N2O6S2. The normalized spacial score (nSPS) is 11.2. The smallest absolute Gasteiger partial charge is 0.265 e. The van der Waals surface area contributed by atoms with Gasteiger partial charge in [-0.3, -0.25) is 13.9 Å². The summed E-state index contributed by atoms with van der Waals surface area (Å²) in [5, 5.41) is 3.54. The molecule has 1 amide bonds. The van der Waals surface area contributed by atoms with Crippen LogP contribution in [0, 0.1) is 0 Å². The molecule has 0 spiro atoms. The van der Waals surface area contributed by atoms with Gasteiger partial charge in [0.2, 0.25) is 0 Å². The molecule has 186 valence electrons. The lowest BCUT2D eigenvalue weighted by Crippen LogP contribution is -2.26. The summed E-state index contributed by atoms with van der Waals surface area (Å²) in [6.45, 7) is 1.47. The van der Waals surface area contributed by atoms with E-state index in [-0.39, 0.29) is 16.6 Å². The monoisotopic (exact) mass is 524 g/mol. The van der Waals surface area contributed by atoms with Crippen LogP contribution in [0.25, 0.3) is 10.1 Å². The highest BCUT2D eigenvalue weighted by Crippen LogP contribution is 2.34. The Kier molecular flexibility index (Phi) is 7.00. The molecule has 0 aliphatic heterocycles. The SMILES string of the molecule is COc1ccc(S(=O)(=O)N(C)c2ccc3sc(C(=O)Nc4cccc(C(C)=O)c4)cc3c2)cc1OC. The van der Waals surface area contributed by atoms with Crippen molar-refractivity contribution in [3.05, 3.63) is 77.2 Å². The van der Waals surface area contributed by atoms with Gasteiger partial charge in [0, 0.05) is 29.1 Å². The summed E-state index contributed by atoms with van der Waals surface area (Å²) >= 11 is 1.29. The fourth-order valence-electron chi connectivity index (χ4n) is 3.62. The first-order valence-corrected chi connectivity index (χ1v) is 13.1. The lowest BCUT2D eigenvalue weighted by molar-refractivity contribution is 0.101. The van der Waals surface area contributed by atoms with Gasteiger partial charge in [-0.1, -0.05) is 12.1 Å². The van der Waals surface area contributed by atoms with Gasteiger partial charge in [0.15, 0.2) is 17.3 Å². The van der Waals surface area contributed by atoms with Crippen molar-refractivity contribution in [1.29, 1.82) is 0 Å². The van der Waals surface area contributed by atoms with Crippen molar-refractivity contribution in [3.8, 4) is 11.5 Å². The highest BCUT2D eigenvalue weighted by Gasteiger charge is 2.24. The van der Waals surface area contributed by atoms with E-state index in [2.05, 4.69) is 5.32 Å². The van der Waals surface area contributed by atoms with E-state index >= 15 is 0 Å². The Morgan fingerprint density at radius 1 is 0.917 bits per heavy atom. The Morgan fingerprint density at radius 3 is 2.36 bits per heavy atom. The predicted molar refractivity (Wildman–Crippen MR) is 141 cm³/mol. The molecule has 36 heavy (non-hydrogen) atoms. The summed E-state index contributed by atoms with van der Waals surface area (Å²) in [6, 6.07) is 18.0. The predicted octanol–water partition coefficient (Wildman–Crippen LogP) is 5.20. The number of thiophene rings is 1. The standard InChI is InChI=1S/C26H24N2O6S2/c1-16(29)17-6-5-7-19(12-17)27-26(30)25-14-18-13-20(8-11-24(18)35-25)28(2)36(31,32)21-9-10-22(33-3)23(15-21)34-4/h5-15H,1-4H3,(H,27,30). The molecule has 3 aromatic carbocycles. The number of anilines is 2. The Morgan fingerprint density at radius 2 is 1.67 bits per heavy atom. The van der Waals surface area contributed by atoms with Crippen molar-refractivity contribution >= 4 is 54.5 Å². The molecule has 4 rings (SSSR count). The molecule has 1 aromatic heterocycles. The maximum Gasteiger partial charge on any atom is 0.265 e. The van der Waals surface area contributed by atoms with Crippen LogP contribution in [0.4, 0.5) is 11.4 Å². The average molecular weight is 525 g/mol. The highest BCUT2D eigenvalue weighted by molar-refractivity contribution is 7.92. The second kappa shape index (κ2) is 10.00. The van der Waals surface area contributed by atoms with E-state index in [1.54, 1.807) is 54.6 Å². The van der Waals surface area contributed by atoms with E-state index in [0.29, 0.717) is 33.3 Å². The molecule has 1 heterocycles. The zero-order chi connectivity index (χ0) is 26.0. The van der Waals surface area contributed by atoms with Crippen LogP contribution in [-0.4, -0.2) is 41.4 Å². The third-order valence-electron chi connectivity index (χ3n) is 5.63. The minimum Gasteiger partial charge on any atom is -0.493 e. The van der Waals surface area contributed by atoms with Crippen LogP contribution < -0.4 is 19.1 Å². The van der Waals surface area contributed by atoms with E-state index in [0.717, 1.165) is 10.1 Å². The summed E-state index contributed by atoms with van der Waals surface area (Å²) in [7, 11) is 0.501. The van der Waals surface area contributed by atoms with Gasteiger partial charge in [0.05, 0.1) is 29.7 Å². The van der Waals surface area contributed by atoms with Crippen LogP contribution in [-0.2, 0) is 10.0 Å². The third kappa shape index (κ3) is 4.91. The summed E-state index contributed by atoms with van der Waals surface area (Å²) in [6.07, 6.45) is 0.